The number of nitrogen functional groups attached to an aromatic ring is 1. The van der Waals surface area contributed by atoms with Crippen LogP contribution in [0.1, 0.15) is 19.3 Å². The molecule has 3 N–H and O–H groups in total. The Morgan fingerprint density at radius 1 is 1.40 bits per heavy atom. The maximum absolute atomic E-state index is 9.26. The molecule has 1 saturated carbocycles. The second-order valence-electron chi connectivity index (χ2n) is 4.89. The number of aliphatic hydroxyl groups is 1. The number of nitrogens with zero attached hydrogens (tertiary/aromatic N) is 5. The van der Waals surface area contributed by atoms with Crippen LogP contribution in [0, 0.1) is 0 Å². The zero-order chi connectivity index (χ0) is 13.9. The number of aromatic nitrogens is 4. The van der Waals surface area contributed by atoms with E-state index in [4.69, 9.17) is 5.73 Å². The van der Waals surface area contributed by atoms with Gasteiger partial charge in [-0.15, -0.1) is 0 Å². The molecule has 3 rings (SSSR count). The molecule has 0 bridgehead atoms. The molecule has 0 amide bonds. The SMILES string of the molecule is Nc1nc(N(CCO)C2CCC2)cc(-n2cccn2)n1. The van der Waals surface area contributed by atoms with Crippen molar-refractivity contribution in [3.63, 3.8) is 0 Å². The molecular weight excluding hydrogens is 256 g/mol. The van der Waals surface area contributed by atoms with E-state index in [1.165, 1.54) is 6.42 Å². The van der Waals surface area contributed by atoms with E-state index in [1.807, 2.05) is 18.3 Å². The minimum absolute atomic E-state index is 0.0948. The van der Waals surface area contributed by atoms with Crippen LogP contribution < -0.4 is 10.6 Å². The normalized spacial score (nSPS) is 15.1. The molecule has 0 aliphatic heterocycles. The molecule has 1 aliphatic carbocycles. The summed E-state index contributed by atoms with van der Waals surface area (Å²) in [4.78, 5) is 10.6. The average Bonchev–Trinajstić information content (AvgIpc) is 2.89. The molecule has 0 unspecified atom stereocenters. The van der Waals surface area contributed by atoms with Crippen LogP contribution >= 0.6 is 0 Å². The summed E-state index contributed by atoms with van der Waals surface area (Å²) in [5, 5.41) is 13.4. The van der Waals surface area contributed by atoms with Gasteiger partial charge in [0.15, 0.2) is 5.82 Å². The average molecular weight is 274 g/mol. The molecule has 20 heavy (non-hydrogen) atoms. The fourth-order valence-electron chi connectivity index (χ4n) is 2.40. The van der Waals surface area contributed by atoms with Crippen LogP contribution in [0.25, 0.3) is 5.82 Å². The van der Waals surface area contributed by atoms with Gasteiger partial charge >= 0.3 is 0 Å². The predicted octanol–water partition coefficient (Wildman–Crippen LogP) is 0.596. The molecule has 7 nitrogen and oxygen atoms in total. The third-order valence-corrected chi connectivity index (χ3v) is 3.61. The molecule has 2 aromatic heterocycles. The van der Waals surface area contributed by atoms with Gasteiger partial charge in [-0.25, -0.2) is 4.68 Å². The Bertz CT molecular complexity index is 566. The zero-order valence-corrected chi connectivity index (χ0v) is 11.2. The van der Waals surface area contributed by atoms with Crippen molar-refractivity contribution >= 4 is 11.8 Å². The van der Waals surface area contributed by atoms with E-state index >= 15 is 0 Å². The summed E-state index contributed by atoms with van der Waals surface area (Å²) >= 11 is 0. The second-order valence-corrected chi connectivity index (χ2v) is 4.89. The van der Waals surface area contributed by atoms with Crippen molar-refractivity contribution < 1.29 is 5.11 Å². The van der Waals surface area contributed by atoms with Crippen LogP contribution in [-0.2, 0) is 0 Å². The van der Waals surface area contributed by atoms with Gasteiger partial charge in [-0.3, -0.25) is 0 Å². The molecular formula is C13H18N6O. The lowest BCUT2D eigenvalue weighted by atomic mass is 9.91. The van der Waals surface area contributed by atoms with Gasteiger partial charge in [0.1, 0.15) is 5.82 Å². The number of hydrogen-bond acceptors (Lipinski definition) is 6. The molecule has 1 aliphatic rings. The zero-order valence-electron chi connectivity index (χ0n) is 11.2. The van der Waals surface area contributed by atoms with Gasteiger partial charge in [0.05, 0.1) is 6.61 Å². The summed E-state index contributed by atoms with van der Waals surface area (Å²) in [6.07, 6.45) is 6.97. The van der Waals surface area contributed by atoms with Crippen LogP contribution in [0.2, 0.25) is 0 Å². The van der Waals surface area contributed by atoms with Crippen molar-refractivity contribution in [2.75, 3.05) is 23.8 Å². The number of hydrogen-bond donors (Lipinski definition) is 2. The van der Waals surface area contributed by atoms with Crippen molar-refractivity contribution in [1.82, 2.24) is 19.7 Å². The molecule has 0 radical (unpaired) electrons. The molecule has 7 heteroatoms. The van der Waals surface area contributed by atoms with Crippen LogP contribution in [0.3, 0.4) is 0 Å². The summed E-state index contributed by atoms with van der Waals surface area (Å²) in [5.41, 5.74) is 5.81. The summed E-state index contributed by atoms with van der Waals surface area (Å²) in [5.74, 6) is 1.61. The van der Waals surface area contributed by atoms with Gasteiger partial charge in [-0.2, -0.15) is 15.1 Å². The quantitative estimate of drug-likeness (QED) is 0.829. The summed E-state index contributed by atoms with van der Waals surface area (Å²) in [6.45, 7) is 0.650. The van der Waals surface area contributed by atoms with E-state index in [9.17, 15) is 5.11 Å². The van der Waals surface area contributed by atoms with Crippen LogP contribution in [0.4, 0.5) is 11.8 Å². The Hall–Kier alpha value is -2.15. The van der Waals surface area contributed by atoms with Crippen LogP contribution in [0.5, 0.6) is 0 Å². The third kappa shape index (κ3) is 2.44. The first kappa shape index (κ1) is 12.9. The highest BCUT2D eigenvalue weighted by Gasteiger charge is 2.26. The first-order chi connectivity index (χ1) is 9.78. The smallest absolute Gasteiger partial charge is 0.224 e. The Labute approximate surface area is 117 Å². The topological polar surface area (TPSA) is 93.1 Å². The highest BCUT2D eigenvalue weighted by molar-refractivity contribution is 5.49. The summed E-state index contributed by atoms with van der Waals surface area (Å²) in [6, 6.07) is 4.12. The number of aliphatic hydroxyl groups excluding tert-OH is 1. The maximum atomic E-state index is 9.26. The van der Waals surface area contributed by atoms with E-state index in [1.54, 1.807) is 10.9 Å². The number of anilines is 2. The van der Waals surface area contributed by atoms with Crippen LogP contribution in [0.15, 0.2) is 24.5 Å². The lowest BCUT2D eigenvalue weighted by Gasteiger charge is -2.38. The molecule has 1 fully saturated rings. The summed E-state index contributed by atoms with van der Waals surface area (Å²) < 4.78 is 1.65. The molecule has 2 aromatic rings. The van der Waals surface area contributed by atoms with Crippen molar-refractivity contribution in [2.45, 2.75) is 25.3 Å². The molecule has 0 atom stereocenters. The first-order valence-electron chi connectivity index (χ1n) is 6.80. The molecule has 0 saturated heterocycles. The largest absolute Gasteiger partial charge is 0.395 e. The molecule has 0 aromatic carbocycles. The monoisotopic (exact) mass is 274 g/mol. The van der Waals surface area contributed by atoms with E-state index in [2.05, 4.69) is 20.0 Å². The molecule has 106 valence electrons. The second kappa shape index (κ2) is 5.46. The van der Waals surface area contributed by atoms with Gasteiger partial charge in [-0.1, -0.05) is 0 Å². The van der Waals surface area contributed by atoms with Gasteiger partial charge in [-0.05, 0) is 25.3 Å². The standard InChI is InChI=1S/C13H18N6O/c14-13-16-11(18(7-8-20)10-3-1-4-10)9-12(17-13)19-6-2-5-15-19/h2,5-6,9-10,20H,1,3-4,7-8H2,(H2,14,16,17). The predicted molar refractivity (Wildman–Crippen MR) is 75.6 cm³/mol. The Balaban J connectivity index is 1.95. The van der Waals surface area contributed by atoms with Crippen molar-refractivity contribution in [1.29, 1.82) is 0 Å². The van der Waals surface area contributed by atoms with E-state index in [0.717, 1.165) is 18.7 Å². The van der Waals surface area contributed by atoms with Crippen molar-refractivity contribution in [3.8, 4) is 5.82 Å². The van der Waals surface area contributed by atoms with Gasteiger partial charge in [0.25, 0.3) is 0 Å². The Morgan fingerprint density at radius 2 is 2.25 bits per heavy atom. The number of nitrogens with two attached hydrogens (primary N) is 1. The fourth-order valence-corrected chi connectivity index (χ4v) is 2.40. The third-order valence-electron chi connectivity index (χ3n) is 3.61. The Morgan fingerprint density at radius 3 is 2.85 bits per heavy atom. The van der Waals surface area contributed by atoms with Gasteiger partial charge in [0.2, 0.25) is 5.95 Å². The highest BCUT2D eigenvalue weighted by Crippen LogP contribution is 2.29. The van der Waals surface area contributed by atoms with Crippen molar-refractivity contribution in [2.24, 2.45) is 0 Å². The Kier molecular flexibility index (Phi) is 3.51. The van der Waals surface area contributed by atoms with E-state index in [-0.39, 0.29) is 12.6 Å². The highest BCUT2D eigenvalue weighted by atomic mass is 16.3. The van der Waals surface area contributed by atoms with Crippen LogP contribution in [-0.4, -0.2) is 44.0 Å². The lowest BCUT2D eigenvalue weighted by Crippen LogP contribution is -2.42. The summed E-state index contributed by atoms with van der Waals surface area (Å²) in [7, 11) is 0. The fraction of sp³-hybridized carbons (Fsp3) is 0.462. The minimum Gasteiger partial charge on any atom is -0.395 e. The van der Waals surface area contributed by atoms with Gasteiger partial charge in [0, 0.05) is 31.0 Å². The maximum Gasteiger partial charge on any atom is 0.224 e. The first-order valence-corrected chi connectivity index (χ1v) is 6.80. The molecule has 0 spiro atoms. The minimum atomic E-state index is 0.0948. The van der Waals surface area contributed by atoms with Crippen molar-refractivity contribution in [3.05, 3.63) is 24.5 Å². The van der Waals surface area contributed by atoms with E-state index < -0.39 is 0 Å². The lowest BCUT2D eigenvalue weighted by molar-refractivity contribution is 0.283. The van der Waals surface area contributed by atoms with E-state index in [0.29, 0.717) is 18.4 Å². The number of rotatable bonds is 5. The molecule has 2 heterocycles. The van der Waals surface area contributed by atoms with Gasteiger partial charge < -0.3 is 15.7 Å².